The highest BCUT2D eigenvalue weighted by Crippen LogP contribution is 2.39. The lowest BCUT2D eigenvalue weighted by atomic mass is 10.3. The maximum absolute atomic E-state index is 5.34. The maximum Gasteiger partial charge on any atom is 0.224 e. The number of rotatable bonds is 5. The number of aromatic amines is 1. The van der Waals surface area contributed by atoms with Crippen molar-refractivity contribution in [1.82, 2.24) is 20.2 Å². The topological polar surface area (TPSA) is 87.8 Å². The summed E-state index contributed by atoms with van der Waals surface area (Å²) in [6.45, 7) is 1.51. The zero-order chi connectivity index (χ0) is 14.1. The molecule has 3 N–H and O–H groups in total. The van der Waals surface area contributed by atoms with Crippen LogP contribution in [0.3, 0.4) is 0 Å². The smallest absolute Gasteiger partial charge is 0.224 e. The Morgan fingerprint density at radius 1 is 1.24 bits per heavy atom. The van der Waals surface area contributed by atoms with E-state index in [1.165, 1.54) is 18.5 Å². The molecule has 0 radical (unpaired) electrons. The van der Waals surface area contributed by atoms with E-state index in [1.807, 2.05) is 6.07 Å². The third kappa shape index (κ3) is 2.97. The van der Waals surface area contributed by atoms with Crippen molar-refractivity contribution in [3.8, 4) is 0 Å². The standard InChI is InChI=1S/C14H18N6O/c1-2-9(1)11-7-13(20-19-11)17-12-3-5-15-14(18-12)16-10-4-6-21-8-10/h3,5,7,9-10H,1-2,4,6,8H2,(H3,15,16,17,18,19,20)/t10-/m1/s1. The first-order chi connectivity index (χ1) is 10.4. The van der Waals surface area contributed by atoms with Crippen LogP contribution in [0.4, 0.5) is 17.6 Å². The molecule has 0 amide bonds. The number of nitrogens with one attached hydrogen (secondary N) is 3. The van der Waals surface area contributed by atoms with Crippen LogP contribution in [0.2, 0.25) is 0 Å². The van der Waals surface area contributed by atoms with Gasteiger partial charge in [-0.15, -0.1) is 0 Å². The summed E-state index contributed by atoms with van der Waals surface area (Å²) >= 11 is 0. The van der Waals surface area contributed by atoms with Crippen LogP contribution in [0.25, 0.3) is 0 Å². The third-order valence-corrected chi connectivity index (χ3v) is 3.79. The van der Waals surface area contributed by atoms with E-state index < -0.39 is 0 Å². The molecule has 110 valence electrons. The molecule has 4 rings (SSSR count). The van der Waals surface area contributed by atoms with Crippen LogP contribution in [0.1, 0.15) is 30.9 Å². The molecule has 1 atom stereocenters. The lowest BCUT2D eigenvalue weighted by molar-refractivity contribution is 0.195. The van der Waals surface area contributed by atoms with Crippen molar-refractivity contribution in [3.63, 3.8) is 0 Å². The van der Waals surface area contributed by atoms with Gasteiger partial charge in [0.15, 0.2) is 5.82 Å². The molecule has 0 bridgehead atoms. The number of anilines is 3. The fourth-order valence-electron chi connectivity index (χ4n) is 2.46. The summed E-state index contributed by atoms with van der Waals surface area (Å²) in [5, 5.41) is 13.8. The number of hydrogen-bond acceptors (Lipinski definition) is 6. The number of H-pyrrole nitrogens is 1. The van der Waals surface area contributed by atoms with Gasteiger partial charge in [0, 0.05) is 30.5 Å². The second-order valence-electron chi connectivity index (χ2n) is 5.58. The van der Waals surface area contributed by atoms with Crippen LogP contribution in [0.15, 0.2) is 18.3 Å². The van der Waals surface area contributed by atoms with Gasteiger partial charge >= 0.3 is 0 Å². The second kappa shape index (κ2) is 5.33. The Balaban J connectivity index is 1.43. The number of ether oxygens (including phenoxy) is 1. The molecule has 0 aromatic carbocycles. The van der Waals surface area contributed by atoms with Crippen molar-refractivity contribution in [2.75, 3.05) is 23.8 Å². The van der Waals surface area contributed by atoms with Gasteiger partial charge in [0.1, 0.15) is 5.82 Å². The van der Waals surface area contributed by atoms with Gasteiger partial charge in [-0.2, -0.15) is 10.1 Å². The van der Waals surface area contributed by atoms with Crippen LogP contribution in [-0.2, 0) is 4.74 Å². The molecule has 21 heavy (non-hydrogen) atoms. The lowest BCUT2D eigenvalue weighted by Gasteiger charge is -2.11. The number of nitrogens with zero attached hydrogens (tertiary/aromatic N) is 3. The number of hydrogen-bond donors (Lipinski definition) is 3. The maximum atomic E-state index is 5.34. The van der Waals surface area contributed by atoms with Crippen LogP contribution in [-0.4, -0.2) is 39.4 Å². The largest absolute Gasteiger partial charge is 0.379 e. The average Bonchev–Trinajstić information content (AvgIpc) is 3.02. The molecular weight excluding hydrogens is 268 g/mol. The van der Waals surface area contributed by atoms with Crippen LogP contribution in [0, 0.1) is 0 Å². The molecule has 2 aliphatic rings. The lowest BCUT2D eigenvalue weighted by Crippen LogP contribution is -2.20. The molecule has 1 aliphatic carbocycles. The molecule has 1 saturated heterocycles. The highest BCUT2D eigenvalue weighted by Gasteiger charge is 2.25. The van der Waals surface area contributed by atoms with Crippen molar-refractivity contribution < 1.29 is 4.74 Å². The fraction of sp³-hybridized carbons (Fsp3) is 0.500. The Kier molecular flexibility index (Phi) is 3.19. The monoisotopic (exact) mass is 286 g/mol. The van der Waals surface area contributed by atoms with E-state index in [4.69, 9.17) is 4.74 Å². The van der Waals surface area contributed by atoms with Crippen molar-refractivity contribution >= 4 is 17.6 Å². The minimum absolute atomic E-state index is 0.298. The summed E-state index contributed by atoms with van der Waals surface area (Å²) in [6, 6.07) is 4.19. The van der Waals surface area contributed by atoms with Gasteiger partial charge in [-0.05, 0) is 25.3 Å². The first-order valence-corrected chi connectivity index (χ1v) is 7.36. The Bertz CT molecular complexity index is 617. The molecule has 3 heterocycles. The summed E-state index contributed by atoms with van der Waals surface area (Å²) in [4.78, 5) is 8.70. The Morgan fingerprint density at radius 2 is 2.19 bits per heavy atom. The molecule has 7 nitrogen and oxygen atoms in total. The minimum Gasteiger partial charge on any atom is -0.379 e. The number of aromatic nitrogens is 4. The van der Waals surface area contributed by atoms with Crippen LogP contribution < -0.4 is 10.6 Å². The zero-order valence-electron chi connectivity index (χ0n) is 11.7. The third-order valence-electron chi connectivity index (χ3n) is 3.79. The van der Waals surface area contributed by atoms with Crippen molar-refractivity contribution in [2.24, 2.45) is 0 Å². The Labute approximate surface area is 122 Å². The van der Waals surface area contributed by atoms with E-state index in [2.05, 4.69) is 36.9 Å². The van der Waals surface area contributed by atoms with Crippen molar-refractivity contribution in [3.05, 3.63) is 24.0 Å². The van der Waals surface area contributed by atoms with E-state index in [-0.39, 0.29) is 0 Å². The Morgan fingerprint density at radius 3 is 3.00 bits per heavy atom. The first-order valence-electron chi connectivity index (χ1n) is 7.36. The van der Waals surface area contributed by atoms with Gasteiger partial charge in [-0.1, -0.05) is 0 Å². The second-order valence-corrected chi connectivity index (χ2v) is 5.58. The predicted octanol–water partition coefficient (Wildman–Crippen LogP) is 2.02. The summed E-state index contributed by atoms with van der Waals surface area (Å²) in [5.41, 5.74) is 1.20. The van der Waals surface area contributed by atoms with E-state index in [0.29, 0.717) is 24.5 Å². The van der Waals surface area contributed by atoms with Crippen molar-refractivity contribution in [1.29, 1.82) is 0 Å². The summed E-state index contributed by atoms with van der Waals surface area (Å²) in [5.74, 6) is 2.82. The molecular formula is C14H18N6O. The van der Waals surface area contributed by atoms with Gasteiger partial charge in [-0.25, -0.2) is 4.98 Å². The van der Waals surface area contributed by atoms with Crippen molar-refractivity contribution in [2.45, 2.75) is 31.2 Å². The quantitative estimate of drug-likeness (QED) is 0.779. The SMILES string of the molecule is c1cc(Nc2cc(C3CC3)[nH]n2)nc(N[C@@H]2CCOC2)n1. The summed E-state index contributed by atoms with van der Waals surface area (Å²) in [6.07, 6.45) is 5.24. The van der Waals surface area contributed by atoms with E-state index >= 15 is 0 Å². The average molecular weight is 286 g/mol. The van der Waals surface area contributed by atoms with Gasteiger partial charge < -0.3 is 15.4 Å². The van der Waals surface area contributed by atoms with Gasteiger partial charge in [0.05, 0.1) is 12.6 Å². The van der Waals surface area contributed by atoms with Gasteiger partial charge in [0.2, 0.25) is 5.95 Å². The molecule has 1 saturated carbocycles. The summed E-state index contributed by atoms with van der Waals surface area (Å²) in [7, 11) is 0. The molecule has 0 spiro atoms. The summed E-state index contributed by atoms with van der Waals surface area (Å²) < 4.78 is 5.34. The molecule has 2 fully saturated rings. The van der Waals surface area contributed by atoms with Crippen LogP contribution in [0.5, 0.6) is 0 Å². The predicted molar refractivity (Wildman–Crippen MR) is 78.7 cm³/mol. The minimum atomic E-state index is 0.298. The first kappa shape index (κ1) is 12.6. The van der Waals surface area contributed by atoms with Crippen LogP contribution >= 0.6 is 0 Å². The fourth-order valence-corrected chi connectivity index (χ4v) is 2.46. The molecule has 2 aromatic heterocycles. The van der Waals surface area contributed by atoms with Gasteiger partial charge in [0.25, 0.3) is 0 Å². The molecule has 2 aromatic rings. The van der Waals surface area contributed by atoms with Gasteiger partial charge in [-0.3, -0.25) is 5.10 Å². The Hall–Kier alpha value is -2.15. The normalized spacial score (nSPS) is 21.4. The zero-order valence-corrected chi connectivity index (χ0v) is 11.7. The van der Waals surface area contributed by atoms with E-state index in [9.17, 15) is 0 Å². The molecule has 0 unspecified atom stereocenters. The van der Waals surface area contributed by atoms with E-state index in [1.54, 1.807) is 6.20 Å². The molecule has 1 aliphatic heterocycles. The molecule has 7 heteroatoms. The highest BCUT2D eigenvalue weighted by atomic mass is 16.5. The highest BCUT2D eigenvalue weighted by molar-refractivity contribution is 5.53. The van der Waals surface area contributed by atoms with E-state index in [0.717, 1.165) is 24.7 Å².